The lowest BCUT2D eigenvalue weighted by Crippen LogP contribution is -1.98. The van der Waals surface area contributed by atoms with Gasteiger partial charge in [0.15, 0.2) is 0 Å². The minimum absolute atomic E-state index is 0.190. The van der Waals surface area contributed by atoms with Gasteiger partial charge in [-0.25, -0.2) is 4.79 Å². The molecule has 0 saturated carbocycles. The first-order valence-electron chi connectivity index (χ1n) is 3.08. The fraction of sp³-hybridized carbons (Fsp3) is 0.333. The van der Waals surface area contributed by atoms with E-state index in [9.17, 15) is 4.79 Å². The highest BCUT2D eigenvalue weighted by Crippen LogP contribution is 2.26. The van der Waals surface area contributed by atoms with Crippen molar-refractivity contribution in [2.75, 3.05) is 0 Å². The lowest BCUT2D eigenvalue weighted by atomic mass is 10.5. The van der Waals surface area contributed by atoms with Crippen molar-refractivity contribution < 1.29 is 9.53 Å². The Labute approximate surface area is 82.6 Å². The van der Waals surface area contributed by atoms with Gasteiger partial charge in [0.1, 0.15) is 4.47 Å². The van der Waals surface area contributed by atoms with Crippen molar-refractivity contribution in [1.29, 1.82) is 0 Å². The maximum atomic E-state index is 10.4. The highest BCUT2D eigenvalue weighted by Gasteiger charge is 2.13. The van der Waals surface area contributed by atoms with Gasteiger partial charge < -0.3 is 4.74 Å². The van der Waals surface area contributed by atoms with E-state index in [0.29, 0.717) is 4.47 Å². The third-order valence-electron chi connectivity index (χ3n) is 1.41. The quantitative estimate of drug-likeness (QED) is 0.721. The van der Waals surface area contributed by atoms with Gasteiger partial charge in [-0.2, -0.15) is 0 Å². The minimum atomic E-state index is -0.895. The predicted octanol–water partition coefficient (Wildman–Crippen LogP) is 2.23. The van der Waals surface area contributed by atoms with Crippen LogP contribution in [0.25, 0.3) is 0 Å². The molecule has 0 aromatic carbocycles. The first kappa shape index (κ1) is 9.54. The Morgan fingerprint density at radius 3 is 2.67 bits per heavy atom. The maximum Gasteiger partial charge on any atom is 0.410 e. The third-order valence-corrected chi connectivity index (χ3v) is 2.40. The standard InChI is InChI=1S/C6H6BrClN2O2/c1-3-4(7)5(9-10(3)2)12-6(8)11/h1-2H3. The van der Waals surface area contributed by atoms with Gasteiger partial charge in [-0.1, -0.05) is 0 Å². The Bertz CT molecular complexity index is 324. The molecule has 0 amide bonds. The van der Waals surface area contributed by atoms with E-state index in [1.807, 2.05) is 6.92 Å². The first-order chi connectivity index (χ1) is 5.52. The number of hydrogen-bond acceptors (Lipinski definition) is 3. The molecule has 66 valence electrons. The third kappa shape index (κ3) is 1.78. The van der Waals surface area contributed by atoms with Gasteiger partial charge in [0.2, 0.25) is 0 Å². The minimum Gasteiger partial charge on any atom is -0.393 e. The van der Waals surface area contributed by atoms with Crippen molar-refractivity contribution in [3.8, 4) is 5.88 Å². The van der Waals surface area contributed by atoms with Crippen LogP contribution in [-0.4, -0.2) is 15.2 Å². The second-order valence-corrected chi connectivity index (χ2v) is 3.27. The molecule has 0 N–H and O–H groups in total. The Morgan fingerprint density at radius 2 is 2.33 bits per heavy atom. The van der Waals surface area contributed by atoms with E-state index in [4.69, 9.17) is 11.6 Å². The fourth-order valence-electron chi connectivity index (χ4n) is 0.693. The summed E-state index contributed by atoms with van der Waals surface area (Å²) in [5, 5.41) is 3.89. The van der Waals surface area contributed by atoms with Gasteiger partial charge in [-0.15, -0.1) is 5.10 Å². The van der Waals surface area contributed by atoms with Gasteiger partial charge >= 0.3 is 5.43 Å². The normalized spacial score (nSPS) is 10.0. The molecule has 0 bridgehead atoms. The number of ether oxygens (including phenoxy) is 1. The van der Waals surface area contributed by atoms with E-state index in [1.165, 1.54) is 0 Å². The number of carbonyl (C=O) groups excluding carboxylic acids is 1. The van der Waals surface area contributed by atoms with Crippen LogP contribution >= 0.6 is 27.5 Å². The fourth-order valence-corrected chi connectivity index (χ4v) is 1.18. The second kappa shape index (κ2) is 3.45. The molecule has 6 heteroatoms. The van der Waals surface area contributed by atoms with Crippen LogP contribution in [0.4, 0.5) is 4.79 Å². The van der Waals surface area contributed by atoms with Gasteiger partial charge in [-0.3, -0.25) is 4.68 Å². The van der Waals surface area contributed by atoms with E-state index >= 15 is 0 Å². The molecule has 1 aromatic rings. The van der Waals surface area contributed by atoms with Crippen LogP contribution in [0.1, 0.15) is 5.69 Å². The molecule has 0 aliphatic carbocycles. The Balaban J connectivity index is 3.01. The number of carbonyl (C=O) groups is 1. The van der Waals surface area contributed by atoms with Crippen molar-refractivity contribution in [3.05, 3.63) is 10.2 Å². The summed E-state index contributed by atoms with van der Waals surface area (Å²) in [5.74, 6) is 0.190. The molecule has 0 aliphatic heterocycles. The molecule has 0 radical (unpaired) electrons. The lowest BCUT2D eigenvalue weighted by Gasteiger charge is -1.92. The summed E-state index contributed by atoms with van der Waals surface area (Å²) >= 11 is 8.22. The summed E-state index contributed by atoms with van der Waals surface area (Å²) in [6.45, 7) is 1.84. The molecular weight excluding hydrogens is 247 g/mol. The number of halogens is 2. The molecule has 1 aromatic heterocycles. The molecule has 1 rings (SSSR count). The Kier molecular flexibility index (Phi) is 2.74. The first-order valence-corrected chi connectivity index (χ1v) is 4.26. The van der Waals surface area contributed by atoms with Crippen molar-refractivity contribution in [3.63, 3.8) is 0 Å². The monoisotopic (exact) mass is 252 g/mol. The maximum absolute atomic E-state index is 10.4. The molecule has 0 unspecified atom stereocenters. The number of aryl methyl sites for hydroxylation is 1. The Morgan fingerprint density at radius 1 is 1.75 bits per heavy atom. The summed E-state index contributed by atoms with van der Waals surface area (Å²) in [5.41, 5.74) is -0.0308. The highest BCUT2D eigenvalue weighted by molar-refractivity contribution is 9.10. The van der Waals surface area contributed by atoms with Gasteiger partial charge in [0.05, 0.1) is 5.69 Å². The summed E-state index contributed by atoms with van der Waals surface area (Å²) < 4.78 is 6.81. The molecule has 0 spiro atoms. The second-order valence-electron chi connectivity index (χ2n) is 2.17. The average Bonchev–Trinajstić information content (AvgIpc) is 2.17. The van der Waals surface area contributed by atoms with Crippen molar-refractivity contribution in [2.24, 2.45) is 7.05 Å². The van der Waals surface area contributed by atoms with E-state index in [0.717, 1.165) is 5.69 Å². The van der Waals surface area contributed by atoms with Crippen LogP contribution in [0.2, 0.25) is 0 Å². The molecule has 12 heavy (non-hydrogen) atoms. The van der Waals surface area contributed by atoms with Crippen LogP contribution in [-0.2, 0) is 7.05 Å². The number of nitrogens with zero attached hydrogens (tertiary/aromatic N) is 2. The van der Waals surface area contributed by atoms with E-state index in [1.54, 1.807) is 11.7 Å². The topological polar surface area (TPSA) is 44.1 Å². The number of rotatable bonds is 1. The SMILES string of the molecule is Cc1c(Br)c(OC(=O)Cl)nn1C. The zero-order valence-electron chi connectivity index (χ0n) is 6.47. The van der Waals surface area contributed by atoms with Gasteiger partial charge in [0.25, 0.3) is 5.88 Å². The Hall–Kier alpha value is -0.550. The van der Waals surface area contributed by atoms with Crippen molar-refractivity contribution in [2.45, 2.75) is 6.92 Å². The number of aromatic nitrogens is 2. The lowest BCUT2D eigenvalue weighted by molar-refractivity contribution is 0.223. The summed E-state index contributed by atoms with van der Waals surface area (Å²) in [6, 6.07) is 0. The zero-order chi connectivity index (χ0) is 9.30. The predicted molar refractivity (Wildman–Crippen MR) is 47.5 cm³/mol. The van der Waals surface area contributed by atoms with Crippen LogP contribution in [0, 0.1) is 6.92 Å². The molecule has 0 aliphatic rings. The van der Waals surface area contributed by atoms with Crippen LogP contribution in [0.5, 0.6) is 5.88 Å². The average molecular weight is 253 g/mol. The van der Waals surface area contributed by atoms with Crippen LogP contribution in [0.15, 0.2) is 4.47 Å². The molecular formula is C6H6BrClN2O2. The summed E-state index contributed by atoms with van der Waals surface area (Å²) in [7, 11) is 1.74. The summed E-state index contributed by atoms with van der Waals surface area (Å²) in [6.07, 6.45) is 0. The summed E-state index contributed by atoms with van der Waals surface area (Å²) in [4.78, 5) is 10.4. The molecule has 1 heterocycles. The smallest absolute Gasteiger partial charge is 0.393 e. The molecule has 4 nitrogen and oxygen atoms in total. The van der Waals surface area contributed by atoms with Crippen molar-refractivity contribution in [1.82, 2.24) is 9.78 Å². The van der Waals surface area contributed by atoms with E-state index in [-0.39, 0.29) is 5.88 Å². The van der Waals surface area contributed by atoms with Crippen molar-refractivity contribution >= 4 is 33.0 Å². The zero-order valence-corrected chi connectivity index (χ0v) is 8.81. The highest BCUT2D eigenvalue weighted by atomic mass is 79.9. The van der Waals surface area contributed by atoms with Gasteiger partial charge in [0, 0.05) is 18.6 Å². The van der Waals surface area contributed by atoms with E-state index in [2.05, 4.69) is 25.8 Å². The van der Waals surface area contributed by atoms with Gasteiger partial charge in [-0.05, 0) is 22.9 Å². The molecule has 0 atom stereocenters. The van der Waals surface area contributed by atoms with Crippen LogP contribution < -0.4 is 4.74 Å². The number of hydrogen-bond donors (Lipinski definition) is 0. The molecule has 0 saturated heterocycles. The van der Waals surface area contributed by atoms with Crippen LogP contribution in [0.3, 0.4) is 0 Å². The largest absolute Gasteiger partial charge is 0.410 e. The molecule has 0 fully saturated rings. The van der Waals surface area contributed by atoms with E-state index < -0.39 is 5.43 Å².